The van der Waals surface area contributed by atoms with Crippen LogP contribution in [0.5, 0.6) is 0 Å². The predicted molar refractivity (Wildman–Crippen MR) is 150 cm³/mol. The van der Waals surface area contributed by atoms with Crippen LogP contribution in [0.2, 0.25) is 0 Å². The van der Waals surface area contributed by atoms with Crippen LogP contribution >= 0.6 is 0 Å². The molecule has 0 saturated carbocycles. The van der Waals surface area contributed by atoms with Crippen LogP contribution in [-0.4, -0.2) is 75.9 Å². The number of halogens is 1. The number of carbonyl (C=O) groups excluding carboxylic acids is 2. The van der Waals surface area contributed by atoms with Gasteiger partial charge in [-0.1, -0.05) is 24.8 Å². The fourth-order valence-electron chi connectivity index (χ4n) is 6.05. The molecule has 2 aromatic carbocycles. The summed E-state index contributed by atoms with van der Waals surface area (Å²) in [6.45, 7) is 10.7. The van der Waals surface area contributed by atoms with Crippen molar-refractivity contribution in [2.75, 3.05) is 18.4 Å². The van der Waals surface area contributed by atoms with Crippen molar-refractivity contribution >= 4 is 46.7 Å². The first-order valence-electron chi connectivity index (χ1n) is 13.1. The summed E-state index contributed by atoms with van der Waals surface area (Å²) in [4.78, 5) is 28.3. The zero-order valence-electron chi connectivity index (χ0n) is 22.3. The van der Waals surface area contributed by atoms with Crippen LogP contribution in [0, 0.1) is 5.82 Å². The number of ether oxygens (including phenoxy) is 1. The SMILES string of the molecule is [B]C1(N2C(=C)c3cccc(NCc4cc(CN5CC(C)OC(C)C5)ccc4F)c3C2([B])[B])CCC(=O)NC1=O. The molecule has 0 bridgehead atoms. The summed E-state index contributed by atoms with van der Waals surface area (Å²) >= 11 is 0. The molecule has 0 spiro atoms. The Morgan fingerprint density at radius 2 is 1.87 bits per heavy atom. The van der Waals surface area contributed by atoms with E-state index in [0.717, 1.165) is 18.7 Å². The highest BCUT2D eigenvalue weighted by atomic mass is 19.1. The van der Waals surface area contributed by atoms with Crippen molar-refractivity contribution < 1.29 is 18.7 Å². The van der Waals surface area contributed by atoms with E-state index in [-0.39, 0.29) is 37.4 Å². The van der Waals surface area contributed by atoms with Crippen molar-refractivity contribution in [3.05, 3.63) is 71.0 Å². The van der Waals surface area contributed by atoms with E-state index in [2.05, 4.69) is 36.0 Å². The maximum absolute atomic E-state index is 14.9. The third-order valence-electron chi connectivity index (χ3n) is 7.67. The second kappa shape index (κ2) is 10.2. The number of hydrogen-bond acceptors (Lipinski definition) is 6. The summed E-state index contributed by atoms with van der Waals surface area (Å²) < 4.78 is 20.7. The summed E-state index contributed by atoms with van der Waals surface area (Å²) in [6.07, 6.45) is 0.361. The number of nitrogens with zero attached hydrogens (tertiary/aromatic N) is 2. The lowest BCUT2D eigenvalue weighted by molar-refractivity contribution is -0.138. The van der Waals surface area contributed by atoms with E-state index in [1.165, 1.54) is 11.0 Å². The van der Waals surface area contributed by atoms with Crippen LogP contribution in [0.15, 0.2) is 43.0 Å². The molecule has 2 saturated heterocycles. The first kappa shape index (κ1) is 27.5. The van der Waals surface area contributed by atoms with Crippen LogP contribution in [-0.2, 0) is 32.8 Å². The fourth-order valence-corrected chi connectivity index (χ4v) is 6.05. The monoisotopic (exact) mass is 522 g/mol. The average Bonchev–Trinajstić information content (AvgIpc) is 3.07. The molecule has 3 aliphatic heterocycles. The third kappa shape index (κ3) is 5.02. The van der Waals surface area contributed by atoms with Gasteiger partial charge in [0.25, 0.3) is 0 Å². The van der Waals surface area contributed by atoms with E-state index in [1.807, 2.05) is 6.07 Å². The molecule has 196 valence electrons. The maximum atomic E-state index is 14.9. The van der Waals surface area contributed by atoms with E-state index in [0.29, 0.717) is 34.6 Å². The molecule has 2 amide bonds. The van der Waals surface area contributed by atoms with Crippen LogP contribution in [0.3, 0.4) is 0 Å². The summed E-state index contributed by atoms with van der Waals surface area (Å²) in [5.41, 5.74) is 1.86. The molecule has 2 N–H and O–H groups in total. The topological polar surface area (TPSA) is 73.9 Å². The third-order valence-corrected chi connectivity index (χ3v) is 7.67. The Balaban J connectivity index is 1.38. The Hall–Kier alpha value is -3.04. The number of hydrogen-bond donors (Lipinski definition) is 2. The molecule has 3 unspecified atom stereocenters. The summed E-state index contributed by atoms with van der Waals surface area (Å²) in [5.74, 6) is -1.43. The average molecular weight is 522 g/mol. The van der Waals surface area contributed by atoms with Crippen molar-refractivity contribution in [2.24, 2.45) is 0 Å². The first-order chi connectivity index (χ1) is 18.4. The molecule has 2 fully saturated rings. The number of rotatable bonds is 6. The zero-order valence-corrected chi connectivity index (χ0v) is 22.3. The fraction of sp³-hybridized carbons (Fsp3) is 0.429. The number of fused-ring (bicyclic) bond motifs is 1. The van der Waals surface area contributed by atoms with Gasteiger partial charge in [-0.25, -0.2) is 4.39 Å². The van der Waals surface area contributed by atoms with E-state index in [9.17, 15) is 14.0 Å². The minimum Gasteiger partial charge on any atom is -0.381 e. The second-order valence-electron chi connectivity index (χ2n) is 10.9. The number of benzene rings is 2. The van der Waals surface area contributed by atoms with Gasteiger partial charge in [-0.3, -0.25) is 19.8 Å². The lowest BCUT2D eigenvalue weighted by Gasteiger charge is -2.50. The van der Waals surface area contributed by atoms with Gasteiger partial charge in [0.2, 0.25) is 11.8 Å². The Morgan fingerprint density at radius 1 is 1.15 bits per heavy atom. The number of nitrogens with one attached hydrogen (secondary N) is 2. The van der Waals surface area contributed by atoms with Crippen molar-refractivity contribution in [3.8, 4) is 0 Å². The van der Waals surface area contributed by atoms with Crippen LogP contribution in [0.25, 0.3) is 5.70 Å². The summed E-state index contributed by atoms with van der Waals surface area (Å²) in [6, 6.07) is 10.5. The minimum absolute atomic E-state index is 0.0300. The highest BCUT2D eigenvalue weighted by Crippen LogP contribution is 2.49. The van der Waals surface area contributed by atoms with Crippen LogP contribution < -0.4 is 10.6 Å². The zero-order chi connectivity index (χ0) is 28.1. The number of imide groups is 1. The molecule has 0 aliphatic carbocycles. The highest BCUT2D eigenvalue weighted by molar-refractivity contribution is 6.43. The number of anilines is 1. The maximum Gasteiger partial charge on any atom is 0.242 e. The minimum atomic E-state index is -1.72. The molecule has 5 rings (SSSR count). The smallest absolute Gasteiger partial charge is 0.242 e. The van der Waals surface area contributed by atoms with Gasteiger partial charge in [-0.15, -0.1) is 0 Å². The molecule has 3 heterocycles. The largest absolute Gasteiger partial charge is 0.381 e. The van der Waals surface area contributed by atoms with Gasteiger partial charge < -0.3 is 15.0 Å². The van der Waals surface area contributed by atoms with Crippen molar-refractivity contribution in [2.45, 2.75) is 62.8 Å². The normalized spacial score (nSPS) is 26.8. The Labute approximate surface area is 232 Å². The van der Waals surface area contributed by atoms with Gasteiger partial charge in [0, 0.05) is 55.1 Å². The van der Waals surface area contributed by atoms with E-state index < -0.39 is 22.6 Å². The molecule has 0 aromatic heterocycles. The number of morpholine rings is 1. The van der Waals surface area contributed by atoms with Gasteiger partial charge in [0.1, 0.15) is 13.7 Å². The molecule has 39 heavy (non-hydrogen) atoms. The van der Waals surface area contributed by atoms with Crippen molar-refractivity contribution in [3.63, 3.8) is 0 Å². The van der Waals surface area contributed by atoms with Gasteiger partial charge in [-0.2, -0.15) is 0 Å². The molecular formula is C28H30B3FN4O3. The van der Waals surface area contributed by atoms with E-state index >= 15 is 0 Å². The van der Waals surface area contributed by atoms with Crippen LogP contribution in [0.4, 0.5) is 10.1 Å². The Kier molecular flexibility index (Phi) is 7.18. The van der Waals surface area contributed by atoms with Crippen molar-refractivity contribution in [1.82, 2.24) is 15.1 Å². The molecule has 2 aromatic rings. The molecule has 6 radical (unpaired) electrons. The van der Waals surface area contributed by atoms with E-state index in [1.54, 1.807) is 24.3 Å². The van der Waals surface area contributed by atoms with Gasteiger partial charge in [0.15, 0.2) is 0 Å². The van der Waals surface area contributed by atoms with E-state index in [4.69, 9.17) is 28.3 Å². The number of piperidine rings is 1. The summed E-state index contributed by atoms with van der Waals surface area (Å²) in [5, 5.41) is 3.84. The predicted octanol–water partition coefficient (Wildman–Crippen LogP) is 2.08. The lowest BCUT2D eigenvalue weighted by Crippen LogP contribution is -2.66. The van der Waals surface area contributed by atoms with Crippen LogP contribution in [0.1, 0.15) is 48.9 Å². The molecule has 3 atom stereocenters. The Morgan fingerprint density at radius 3 is 2.56 bits per heavy atom. The highest BCUT2D eigenvalue weighted by Gasteiger charge is 2.52. The second-order valence-corrected chi connectivity index (χ2v) is 10.9. The summed E-state index contributed by atoms with van der Waals surface area (Å²) in [7, 11) is 19.8. The number of amides is 2. The lowest BCUT2D eigenvalue weighted by atomic mass is 9.54. The van der Waals surface area contributed by atoms with Gasteiger partial charge >= 0.3 is 0 Å². The Bertz CT molecular complexity index is 1330. The van der Waals surface area contributed by atoms with Gasteiger partial charge in [0.05, 0.1) is 33.3 Å². The molecule has 7 nitrogen and oxygen atoms in total. The molecule has 11 heteroatoms. The molecular weight excluding hydrogens is 492 g/mol. The molecule has 3 aliphatic rings. The van der Waals surface area contributed by atoms with Crippen molar-refractivity contribution in [1.29, 1.82) is 0 Å². The van der Waals surface area contributed by atoms with Gasteiger partial charge in [-0.05, 0) is 54.9 Å². The standard InChI is InChI=1S/C28H30B3FN4O3/c1-16-13-35(14-17(2)39-16)15-19-7-8-22(32)20(11-19)12-33-23-6-4-5-21-18(3)36(28(30,31)25(21)23)27(29)10-9-24(37)34-26(27)38/h4-8,11,16-17,33H,3,9-10,12-15H2,1-2H3,(H,34,37,38). The first-order valence-corrected chi connectivity index (χ1v) is 13.1. The number of carbonyl (C=O) groups is 2. The quantitative estimate of drug-likeness (QED) is 0.448.